The number of aryl methyl sites for hydroxylation is 2. The fourth-order valence-electron chi connectivity index (χ4n) is 2.71. The predicted molar refractivity (Wildman–Crippen MR) is 75.4 cm³/mol. The van der Waals surface area contributed by atoms with E-state index >= 15 is 0 Å². The van der Waals surface area contributed by atoms with Crippen LogP contribution in [-0.2, 0) is 5.41 Å². The Kier molecular flexibility index (Phi) is 3.24. The molecule has 0 nitrogen and oxygen atoms in total. The second-order valence-electron chi connectivity index (χ2n) is 5.60. The number of benzene rings is 1. The summed E-state index contributed by atoms with van der Waals surface area (Å²) in [7, 11) is 0. The van der Waals surface area contributed by atoms with Crippen molar-refractivity contribution in [3.05, 3.63) is 58.7 Å². The van der Waals surface area contributed by atoms with Gasteiger partial charge in [-0.2, -0.15) is 0 Å². The van der Waals surface area contributed by atoms with Gasteiger partial charge in [0, 0.05) is 5.41 Å². The van der Waals surface area contributed by atoms with E-state index in [1.165, 1.54) is 29.5 Å². The molecule has 90 valence electrons. The molecule has 0 saturated heterocycles. The van der Waals surface area contributed by atoms with Crippen LogP contribution in [-0.4, -0.2) is 0 Å². The Hall–Kier alpha value is -1.30. The third kappa shape index (κ3) is 2.36. The fraction of sp³-hybridized carbons (Fsp3) is 0.412. The zero-order valence-electron chi connectivity index (χ0n) is 11.4. The van der Waals surface area contributed by atoms with Gasteiger partial charge in [-0.05, 0) is 37.8 Å². The third-order valence-corrected chi connectivity index (χ3v) is 3.88. The lowest BCUT2D eigenvalue weighted by Gasteiger charge is -2.31. The third-order valence-electron chi connectivity index (χ3n) is 3.88. The van der Waals surface area contributed by atoms with Gasteiger partial charge >= 0.3 is 0 Å². The highest BCUT2D eigenvalue weighted by molar-refractivity contribution is 5.43. The Morgan fingerprint density at radius 2 is 1.88 bits per heavy atom. The molecule has 17 heavy (non-hydrogen) atoms. The summed E-state index contributed by atoms with van der Waals surface area (Å²) in [4.78, 5) is 0. The van der Waals surface area contributed by atoms with Gasteiger partial charge in [-0.25, -0.2) is 0 Å². The van der Waals surface area contributed by atoms with Gasteiger partial charge in [-0.15, -0.1) is 0 Å². The smallest absolute Gasteiger partial charge is 0.0111 e. The molecule has 0 heterocycles. The molecule has 1 aliphatic rings. The molecular weight excluding hydrogens is 204 g/mol. The van der Waals surface area contributed by atoms with E-state index in [1.807, 2.05) is 0 Å². The predicted octanol–water partition coefficient (Wildman–Crippen LogP) is 4.86. The van der Waals surface area contributed by atoms with E-state index in [9.17, 15) is 0 Å². The summed E-state index contributed by atoms with van der Waals surface area (Å²) in [6.07, 6.45) is 9.12. The monoisotopic (exact) mass is 226 g/mol. The van der Waals surface area contributed by atoms with Crippen LogP contribution in [0.5, 0.6) is 0 Å². The highest BCUT2D eigenvalue weighted by Crippen LogP contribution is 2.37. The van der Waals surface area contributed by atoms with Gasteiger partial charge < -0.3 is 0 Å². The minimum Gasteiger partial charge on any atom is -0.0842 e. The van der Waals surface area contributed by atoms with E-state index in [-0.39, 0.29) is 5.41 Å². The molecule has 2 rings (SSSR count). The Morgan fingerprint density at radius 1 is 1.12 bits per heavy atom. The molecule has 0 spiro atoms. The van der Waals surface area contributed by atoms with E-state index in [1.54, 1.807) is 5.57 Å². The summed E-state index contributed by atoms with van der Waals surface area (Å²) in [6, 6.07) is 6.78. The van der Waals surface area contributed by atoms with Gasteiger partial charge in [-0.1, -0.05) is 61.4 Å². The van der Waals surface area contributed by atoms with Gasteiger partial charge in [0.05, 0.1) is 0 Å². The number of allylic oxidation sites excluding steroid dienone is 4. The first kappa shape index (κ1) is 12.2. The van der Waals surface area contributed by atoms with Crippen LogP contribution in [0.1, 0.15) is 43.4 Å². The van der Waals surface area contributed by atoms with Crippen molar-refractivity contribution >= 4 is 0 Å². The minimum absolute atomic E-state index is 0.154. The largest absolute Gasteiger partial charge is 0.0842 e. The molecule has 0 heteroatoms. The molecule has 1 aromatic carbocycles. The van der Waals surface area contributed by atoms with Crippen molar-refractivity contribution < 1.29 is 0 Å². The van der Waals surface area contributed by atoms with Crippen molar-refractivity contribution in [3.63, 3.8) is 0 Å². The molecule has 0 bridgehead atoms. The van der Waals surface area contributed by atoms with Crippen LogP contribution in [0.2, 0.25) is 0 Å². The molecule has 1 aromatic rings. The van der Waals surface area contributed by atoms with Gasteiger partial charge in [-0.3, -0.25) is 0 Å². The summed E-state index contributed by atoms with van der Waals surface area (Å²) in [5, 5.41) is 0. The highest BCUT2D eigenvalue weighted by Gasteiger charge is 2.26. The second kappa shape index (κ2) is 4.52. The standard InChI is InChI=1S/C17H22/c1-13-10-11-14(2)16(12-13)17(3,4)15-8-6-5-7-9-15/h5-6,8,10-12H,7,9H2,1-4H3. The van der Waals surface area contributed by atoms with Crippen molar-refractivity contribution in [3.8, 4) is 0 Å². The van der Waals surface area contributed by atoms with Gasteiger partial charge in [0.15, 0.2) is 0 Å². The molecule has 0 aromatic heterocycles. The first-order chi connectivity index (χ1) is 8.01. The molecule has 0 aliphatic heterocycles. The van der Waals surface area contributed by atoms with Crippen LogP contribution in [0.4, 0.5) is 0 Å². The van der Waals surface area contributed by atoms with E-state index in [0.717, 1.165) is 0 Å². The second-order valence-corrected chi connectivity index (χ2v) is 5.60. The molecule has 0 unspecified atom stereocenters. The molecule has 1 aliphatic carbocycles. The zero-order valence-corrected chi connectivity index (χ0v) is 11.4. The average molecular weight is 226 g/mol. The van der Waals surface area contributed by atoms with Crippen LogP contribution in [0, 0.1) is 13.8 Å². The molecule has 0 saturated carbocycles. The Balaban J connectivity index is 2.46. The minimum atomic E-state index is 0.154. The molecule has 0 atom stereocenters. The van der Waals surface area contributed by atoms with Crippen molar-refractivity contribution in [2.75, 3.05) is 0 Å². The van der Waals surface area contributed by atoms with Crippen molar-refractivity contribution in [1.82, 2.24) is 0 Å². The maximum absolute atomic E-state index is 2.35. The zero-order chi connectivity index (χ0) is 12.5. The molecular formula is C17H22. The van der Waals surface area contributed by atoms with E-state index in [2.05, 4.69) is 64.1 Å². The lowest BCUT2D eigenvalue weighted by atomic mass is 9.73. The average Bonchev–Trinajstić information content (AvgIpc) is 2.33. The van der Waals surface area contributed by atoms with Crippen LogP contribution < -0.4 is 0 Å². The van der Waals surface area contributed by atoms with Crippen molar-refractivity contribution in [1.29, 1.82) is 0 Å². The van der Waals surface area contributed by atoms with E-state index in [0.29, 0.717) is 0 Å². The summed E-state index contributed by atoms with van der Waals surface area (Å²) < 4.78 is 0. The van der Waals surface area contributed by atoms with Gasteiger partial charge in [0.25, 0.3) is 0 Å². The van der Waals surface area contributed by atoms with E-state index < -0.39 is 0 Å². The van der Waals surface area contributed by atoms with Crippen LogP contribution in [0.25, 0.3) is 0 Å². The van der Waals surface area contributed by atoms with Crippen molar-refractivity contribution in [2.45, 2.75) is 46.0 Å². The van der Waals surface area contributed by atoms with Crippen LogP contribution >= 0.6 is 0 Å². The summed E-state index contributed by atoms with van der Waals surface area (Å²) >= 11 is 0. The number of rotatable bonds is 2. The van der Waals surface area contributed by atoms with Gasteiger partial charge in [0.2, 0.25) is 0 Å². The molecule has 0 N–H and O–H groups in total. The quantitative estimate of drug-likeness (QED) is 0.675. The lowest BCUT2D eigenvalue weighted by molar-refractivity contribution is 0.586. The summed E-state index contributed by atoms with van der Waals surface area (Å²) in [5.41, 5.74) is 5.93. The van der Waals surface area contributed by atoms with Crippen LogP contribution in [0.3, 0.4) is 0 Å². The number of hydrogen-bond acceptors (Lipinski definition) is 0. The molecule has 0 amide bonds. The fourth-order valence-corrected chi connectivity index (χ4v) is 2.71. The topological polar surface area (TPSA) is 0 Å². The van der Waals surface area contributed by atoms with Gasteiger partial charge in [0.1, 0.15) is 0 Å². The summed E-state index contributed by atoms with van der Waals surface area (Å²) in [6.45, 7) is 9.09. The first-order valence-electron chi connectivity index (χ1n) is 6.46. The van der Waals surface area contributed by atoms with Crippen LogP contribution in [0.15, 0.2) is 42.0 Å². The lowest BCUT2D eigenvalue weighted by Crippen LogP contribution is -2.22. The SMILES string of the molecule is Cc1ccc(C)c(C(C)(C)C2=CC=CCC2)c1. The van der Waals surface area contributed by atoms with Crippen molar-refractivity contribution in [2.24, 2.45) is 0 Å². The first-order valence-corrected chi connectivity index (χ1v) is 6.46. The summed E-state index contributed by atoms with van der Waals surface area (Å²) in [5.74, 6) is 0. The normalized spacial score (nSPS) is 15.9. The molecule has 0 radical (unpaired) electrons. The Morgan fingerprint density at radius 3 is 2.53 bits per heavy atom. The Labute approximate surface area is 105 Å². The number of hydrogen-bond donors (Lipinski definition) is 0. The van der Waals surface area contributed by atoms with E-state index in [4.69, 9.17) is 0 Å². The maximum atomic E-state index is 2.35. The molecule has 0 fully saturated rings. The maximum Gasteiger partial charge on any atom is 0.0111 e. The highest BCUT2D eigenvalue weighted by atomic mass is 14.3. The Bertz CT molecular complexity index is 473.